The van der Waals surface area contributed by atoms with Gasteiger partial charge >= 0.3 is 5.97 Å². The van der Waals surface area contributed by atoms with Crippen molar-refractivity contribution in [2.75, 3.05) is 12.8 Å². The lowest BCUT2D eigenvalue weighted by Crippen LogP contribution is -2.21. The minimum atomic E-state index is -3.41. The molecule has 0 aliphatic heterocycles. The molecule has 1 unspecified atom stereocenters. The highest BCUT2D eigenvalue weighted by molar-refractivity contribution is 7.90. The third kappa shape index (κ3) is 3.18. The molecule has 0 amide bonds. The van der Waals surface area contributed by atoms with E-state index in [0.717, 1.165) is 6.26 Å². The molecule has 17 heavy (non-hydrogen) atoms. The van der Waals surface area contributed by atoms with Crippen LogP contribution in [0.4, 0.5) is 0 Å². The van der Waals surface area contributed by atoms with Crippen molar-refractivity contribution >= 4 is 27.4 Å². The zero-order chi connectivity index (χ0) is 13.2. The molecule has 0 fully saturated rings. The molecule has 0 aromatic heterocycles. The van der Waals surface area contributed by atoms with Crippen LogP contribution in [0.3, 0.4) is 0 Å². The van der Waals surface area contributed by atoms with Gasteiger partial charge in [0.15, 0.2) is 9.84 Å². The Hall–Kier alpha value is -1.11. The number of benzene rings is 1. The molecule has 3 N–H and O–H groups in total. The smallest absolute Gasteiger partial charge is 0.312 e. The molecule has 0 saturated heterocycles. The average Bonchev–Trinajstić information content (AvgIpc) is 2.15. The molecular weight excluding hydrogens is 266 g/mol. The van der Waals surface area contributed by atoms with E-state index < -0.39 is 21.7 Å². The quantitative estimate of drug-likeness (QED) is 0.851. The van der Waals surface area contributed by atoms with Gasteiger partial charge in [-0.05, 0) is 17.7 Å². The second-order valence-electron chi connectivity index (χ2n) is 3.59. The molecular formula is C10H12ClNO4S. The van der Waals surface area contributed by atoms with Crippen LogP contribution >= 0.6 is 11.6 Å². The summed E-state index contributed by atoms with van der Waals surface area (Å²) in [4.78, 5) is 10.9. The van der Waals surface area contributed by atoms with Crippen molar-refractivity contribution in [1.82, 2.24) is 0 Å². The number of aliphatic carboxylic acids is 1. The first-order chi connectivity index (χ1) is 7.77. The monoisotopic (exact) mass is 277 g/mol. The van der Waals surface area contributed by atoms with Crippen LogP contribution in [0, 0.1) is 0 Å². The number of sulfone groups is 1. The standard InChI is InChI=1S/C10H12ClNO4S/c1-17(15,16)9-3-2-6(4-8(9)11)7(5-12)10(13)14/h2-4,7H,5,12H2,1H3,(H,13,14). The molecule has 0 radical (unpaired) electrons. The van der Waals surface area contributed by atoms with Gasteiger partial charge in [0.2, 0.25) is 0 Å². The van der Waals surface area contributed by atoms with E-state index in [1.807, 2.05) is 0 Å². The number of nitrogens with two attached hydrogens (primary N) is 1. The molecule has 0 aliphatic rings. The first-order valence-electron chi connectivity index (χ1n) is 4.69. The first kappa shape index (κ1) is 14.0. The average molecular weight is 278 g/mol. The van der Waals surface area contributed by atoms with Crippen LogP contribution in [0.25, 0.3) is 0 Å². The van der Waals surface area contributed by atoms with Crippen LogP contribution in [0.5, 0.6) is 0 Å². The summed E-state index contributed by atoms with van der Waals surface area (Å²) in [5.74, 6) is -1.96. The zero-order valence-electron chi connectivity index (χ0n) is 9.05. The van der Waals surface area contributed by atoms with Crippen molar-refractivity contribution in [3.63, 3.8) is 0 Å². The second-order valence-corrected chi connectivity index (χ2v) is 5.98. The predicted octanol–water partition coefficient (Wildman–Crippen LogP) is 0.870. The fourth-order valence-electron chi connectivity index (χ4n) is 1.41. The number of halogens is 1. The zero-order valence-corrected chi connectivity index (χ0v) is 10.6. The third-order valence-electron chi connectivity index (χ3n) is 2.29. The van der Waals surface area contributed by atoms with E-state index in [-0.39, 0.29) is 16.5 Å². The lowest BCUT2D eigenvalue weighted by atomic mass is 10.00. The van der Waals surface area contributed by atoms with E-state index in [9.17, 15) is 13.2 Å². The number of carboxylic acids is 1. The summed E-state index contributed by atoms with van der Waals surface area (Å²) in [5, 5.41) is 8.91. The summed E-state index contributed by atoms with van der Waals surface area (Å²) in [6.45, 7) is -0.0795. The summed E-state index contributed by atoms with van der Waals surface area (Å²) in [7, 11) is -3.41. The minimum Gasteiger partial charge on any atom is -0.481 e. The van der Waals surface area contributed by atoms with Crippen molar-refractivity contribution in [2.24, 2.45) is 5.73 Å². The van der Waals surface area contributed by atoms with Crippen LogP contribution in [0.2, 0.25) is 5.02 Å². The Morgan fingerprint density at radius 1 is 1.53 bits per heavy atom. The SMILES string of the molecule is CS(=O)(=O)c1ccc(C(CN)C(=O)O)cc1Cl. The van der Waals surface area contributed by atoms with Gasteiger partial charge in [0.1, 0.15) is 0 Å². The van der Waals surface area contributed by atoms with E-state index in [1.165, 1.54) is 18.2 Å². The molecule has 94 valence electrons. The van der Waals surface area contributed by atoms with E-state index in [0.29, 0.717) is 5.56 Å². The highest BCUT2D eigenvalue weighted by Crippen LogP contribution is 2.26. The van der Waals surface area contributed by atoms with Crippen molar-refractivity contribution < 1.29 is 18.3 Å². The molecule has 7 heteroatoms. The van der Waals surface area contributed by atoms with Gasteiger partial charge in [-0.1, -0.05) is 17.7 Å². The van der Waals surface area contributed by atoms with Crippen molar-refractivity contribution in [3.8, 4) is 0 Å². The fraction of sp³-hybridized carbons (Fsp3) is 0.300. The molecule has 0 bridgehead atoms. The summed E-state index contributed by atoms with van der Waals surface area (Å²) in [5.41, 5.74) is 5.72. The Kier molecular flexibility index (Phi) is 4.13. The predicted molar refractivity (Wildman–Crippen MR) is 64.0 cm³/mol. The van der Waals surface area contributed by atoms with Crippen molar-refractivity contribution in [1.29, 1.82) is 0 Å². The molecule has 0 saturated carbocycles. The highest BCUT2D eigenvalue weighted by atomic mass is 35.5. The van der Waals surface area contributed by atoms with Gasteiger partial charge in [0, 0.05) is 12.8 Å². The largest absolute Gasteiger partial charge is 0.481 e. The van der Waals surface area contributed by atoms with E-state index in [2.05, 4.69) is 0 Å². The Labute approximate surface area is 104 Å². The van der Waals surface area contributed by atoms with E-state index >= 15 is 0 Å². The number of hydrogen-bond donors (Lipinski definition) is 2. The first-order valence-corrected chi connectivity index (χ1v) is 6.96. The van der Waals surface area contributed by atoms with Gasteiger partial charge in [-0.25, -0.2) is 8.42 Å². The molecule has 0 heterocycles. The summed E-state index contributed by atoms with van der Waals surface area (Å²) >= 11 is 5.81. The summed E-state index contributed by atoms with van der Waals surface area (Å²) in [6, 6.07) is 4.02. The van der Waals surface area contributed by atoms with Crippen molar-refractivity contribution in [3.05, 3.63) is 28.8 Å². The Morgan fingerprint density at radius 2 is 2.12 bits per heavy atom. The number of carboxylic acid groups (broad SMARTS) is 1. The topological polar surface area (TPSA) is 97.5 Å². The second kappa shape index (κ2) is 5.03. The van der Waals surface area contributed by atoms with Crippen LogP contribution in [0.1, 0.15) is 11.5 Å². The Morgan fingerprint density at radius 3 is 2.47 bits per heavy atom. The number of hydrogen-bond acceptors (Lipinski definition) is 4. The van der Waals surface area contributed by atoms with Gasteiger partial charge in [0.05, 0.1) is 15.8 Å². The van der Waals surface area contributed by atoms with E-state index in [1.54, 1.807) is 0 Å². The van der Waals surface area contributed by atoms with Gasteiger partial charge < -0.3 is 10.8 Å². The van der Waals surface area contributed by atoms with Gasteiger partial charge in [-0.3, -0.25) is 4.79 Å². The summed E-state index contributed by atoms with van der Waals surface area (Å²) in [6.07, 6.45) is 1.03. The van der Waals surface area contributed by atoms with Crippen LogP contribution in [-0.4, -0.2) is 32.3 Å². The maximum atomic E-state index is 11.3. The molecule has 1 rings (SSSR count). The molecule has 0 aliphatic carbocycles. The minimum absolute atomic E-state index is 0.00435. The number of rotatable bonds is 4. The molecule has 0 spiro atoms. The van der Waals surface area contributed by atoms with Gasteiger partial charge in [-0.15, -0.1) is 0 Å². The fourth-order valence-corrected chi connectivity index (χ4v) is 2.75. The normalized spacial score (nSPS) is 13.4. The Bertz CT molecular complexity index is 541. The Balaban J connectivity index is 3.26. The van der Waals surface area contributed by atoms with Crippen LogP contribution in [-0.2, 0) is 14.6 Å². The third-order valence-corrected chi connectivity index (χ3v) is 3.87. The lowest BCUT2D eigenvalue weighted by Gasteiger charge is -2.11. The van der Waals surface area contributed by atoms with E-state index in [4.69, 9.17) is 22.4 Å². The highest BCUT2D eigenvalue weighted by Gasteiger charge is 2.20. The summed E-state index contributed by atoms with van der Waals surface area (Å²) < 4.78 is 22.6. The maximum absolute atomic E-state index is 11.3. The number of carbonyl (C=O) groups is 1. The van der Waals surface area contributed by atoms with Crippen molar-refractivity contribution in [2.45, 2.75) is 10.8 Å². The maximum Gasteiger partial charge on any atom is 0.312 e. The van der Waals surface area contributed by atoms with Crippen LogP contribution in [0.15, 0.2) is 23.1 Å². The molecule has 5 nitrogen and oxygen atoms in total. The van der Waals surface area contributed by atoms with Gasteiger partial charge in [0.25, 0.3) is 0 Å². The lowest BCUT2D eigenvalue weighted by molar-refractivity contribution is -0.138. The molecule has 1 aromatic carbocycles. The molecule has 1 aromatic rings. The van der Waals surface area contributed by atoms with Gasteiger partial charge in [-0.2, -0.15) is 0 Å². The van der Waals surface area contributed by atoms with Crippen LogP contribution < -0.4 is 5.73 Å². The molecule has 1 atom stereocenters.